The molecule has 3 heteroatoms. The molecule has 2 aliphatic carbocycles. The standard InChI is InChI=1S/2C23H27.C2H4.2ClH.Zr/c2*1-15(2)18-13-21-16(3)7-12-20(22(21)14-18)17-8-10-19(11-9-17)23(4,5)6;1-2;;;/h2*7-15H,1-6H3;1-2H2;2*1H;/q;;;;;+2/p-2. The van der Waals surface area contributed by atoms with Crippen molar-refractivity contribution in [2.24, 2.45) is 11.8 Å². The third kappa shape index (κ3) is 6.88. The number of hydrogen-bond acceptors (Lipinski definition) is 0. The van der Waals surface area contributed by atoms with Gasteiger partial charge in [0.2, 0.25) is 0 Å². The van der Waals surface area contributed by atoms with Crippen LogP contribution in [0, 0.1) is 25.7 Å². The van der Waals surface area contributed by atoms with Gasteiger partial charge in [0.25, 0.3) is 0 Å². The Bertz CT molecular complexity index is 1850. The molecule has 4 aromatic rings. The van der Waals surface area contributed by atoms with Gasteiger partial charge in [-0.3, -0.25) is 0 Å². The molecule has 7 rings (SSSR count). The van der Waals surface area contributed by atoms with E-state index >= 15 is 0 Å². The zero-order chi connectivity index (χ0) is 35.2. The summed E-state index contributed by atoms with van der Waals surface area (Å²) >= 11 is -2.91. The Morgan fingerprint density at radius 2 is 0.843 bits per heavy atom. The normalized spacial score (nSPS) is 18.2. The molecule has 0 aromatic heterocycles. The van der Waals surface area contributed by atoms with Crippen molar-refractivity contribution in [3.8, 4) is 22.3 Å². The van der Waals surface area contributed by atoms with Crippen LogP contribution in [-0.2, 0) is 31.1 Å². The molecule has 1 aliphatic heterocycles. The predicted molar refractivity (Wildman–Crippen MR) is 211 cm³/mol. The second kappa shape index (κ2) is 14.2. The Kier molecular flexibility index (Phi) is 11.2. The van der Waals surface area contributed by atoms with Crippen LogP contribution in [-0.4, -0.2) is 0 Å². The van der Waals surface area contributed by atoms with Gasteiger partial charge in [-0.15, -0.1) is 0 Å². The molecule has 2 atom stereocenters. The number of fused-ring (bicyclic) bond motifs is 2. The van der Waals surface area contributed by atoms with Crippen LogP contribution in [0.15, 0.2) is 83.9 Å². The molecule has 0 bridgehead atoms. The van der Waals surface area contributed by atoms with Gasteiger partial charge in [0.15, 0.2) is 0 Å². The van der Waals surface area contributed by atoms with Crippen molar-refractivity contribution < 1.29 is 45.1 Å². The second-order valence-corrected chi connectivity index (χ2v) is 29.7. The van der Waals surface area contributed by atoms with Crippen molar-refractivity contribution in [2.45, 2.75) is 109 Å². The molecular weight excluding hydrogens is 739 g/mol. The molecule has 1 heterocycles. The maximum absolute atomic E-state index is 2.91. The van der Waals surface area contributed by atoms with Crippen LogP contribution in [0.25, 0.3) is 34.4 Å². The maximum atomic E-state index is 2.68. The van der Waals surface area contributed by atoms with E-state index in [2.05, 4.69) is 168 Å². The van der Waals surface area contributed by atoms with E-state index in [4.69, 9.17) is 0 Å². The van der Waals surface area contributed by atoms with Crippen LogP contribution in [0.2, 0.25) is 8.26 Å². The molecule has 4 aromatic carbocycles. The summed E-state index contributed by atoms with van der Waals surface area (Å²) < 4.78 is 4.27. The quantitative estimate of drug-likeness (QED) is 0.185. The van der Waals surface area contributed by atoms with E-state index in [1.165, 1.54) is 63.9 Å². The molecule has 3 aliphatic rings. The first-order chi connectivity index (χ1) is 23.0. The number of hydrogen-bond donors (Lipinski definition) is 0. The Labute approximate surface area is 326 Å². The summed E-state index contributed by atoms with van der Waals surface area (Å²) in [5.74, 6) is 1.09. The maximum Gasteiger partial charge on any atom is -1.00 e. The second-order valence-electron chi connectivity index (χ2n) is 18.4. The minimum atomic E-state index is -2.91. The summed E-state index contributed by atoms with van der Waals surface area (Å²) in [5.41, 5.74) is 21.6. The zero-order valence-corrected chi connectivity index (χ0v) is 37.0. The van der Waals surface area contributed by atoms with Crippen molar-refractivity contribution in [2.75, 3.05) is 0 Å². The van der Waals surface area contributed by atoms with Crippen molar-refractivity contribution in [3.05, 3.63) is 128 Å². The minimum absolute atomic E-state index is 0. The molecule has 0 spiro atoms. The van der Waals surface area contributed by atoms with Gasteiger partial charge < -0.3 is 24.8 Å². The number of allylic oxidation sites excluding steroid dienone is 2. The van der Waals surface area contributed by atoms with Gasteiger partial charge in [0.1, 0.15) is 0 Å². The molecule has 0 nitrogen and oxygen atoms in total. The fourth-order valence-electron chi connectivity index (χ4n) is 9.33. The molecule has 1 fully saturated rings. The van der Waals surface area contributed by atoms with Gasteiger partial charge in [0.05, 0.1) is 0 Å². The molecule has 0 radical (unpaired) electrons. The van der Waals surface area contributed by atoms with Gasteiger partial charge >= 0.3 is 304 Å². The smallest absolute Gasteiger partial charge is 1.00 e. The molecule has 268 valence electrons. The zero-order valence-electron chi connectivity index (χ0n) is 33.1. The van der Waals surface area contributed by atoms with E-state index in [1.54, 1.807) is 22.3 Å². The summed E-state index contributed by atoms with van der Waals surface area (Å²) in [6.45, 7) is 28.5. The predicted octanol–water partition coefficient (Wildman–Crippen LogP) is 8.13. The summed E-state index contributed by atoms with van der Waals surface area (Å²) in [6, 6.07) is 28.7. The van der Waals surface area contributed by atoms with Gasteiger partial charge in [-0.05, 0) is 0 Å². The first-order valence-electron chi connectivity index (χ1n) is 18.9. The van der Waals surface area contributed by atoms with Crippen molar-refractivity contribution in [1.82, 2.24) is 0 Å². The number of aryl methyl sites for hydroxylation is 2. The molecule has 51 heavy (non-hydrogen) atoms. The summed E-state index contributed by atoms with van der Waals surface area (Å²) in [6.07, 6.45) is 5.35. The van der Waals surface area contributed by atoms with Gasteiger partial charge in [0, 0.05) is 0 Å². The topological polar surface area (TPSA) is 0 Å². The van der Waals surface area contributed by atoms with E-state index in [0.29, 0.717) is 19.1 Å². The molecule has 1 saturated heterocycles. The average Bonchev–Trinajstić information content (AvgIpc) is 3.53. The average molecular weight is 797 g/mol. The minimum Gasteiger partial charge on any atom is -1.00 e. The van der Waals surface area contributed by atoms with Crippen LogP contribution < -0.4 is 24.8 Å². The van der Waals surface area contributed by atoms with Crippen LogP contribution in [0.1, 0.15) is 121 Å². The third-order valence-corrected chi connectivity index (χ3v) is 25.1. The Hall–Kier alpha value is -2.18. The fourth-order valence-corrected chi connectivity index (χ4v) is 27.9. The van der Waals surface area contributed by atoms with Crippen molar-refractivity contribution in [3.63, 3.8) is 0 Å². The molecule has 0 saturated carbocycles. The van der Waals surface area contributed by atoms with E-state index in [-0.39, 0.29) is 35.6 Å². The van der Waals surface area contributed by atoms with Crippen molar-refractivity contribution in [1.29, 1.82) is 0 Å². The summed E-state index contributed by atoms with van der Waals surface area (Å²) in [7, 11) is 0. The Balaban J connectivity index is 0.00000252. The Morgan fingerprint density at radius 3 is 1.12 bits per heavy atom. The molecule has 2 unspecified atom stereocenters. The van der Waals surface area contributed by atoms with Gasteiger partial charge in [-0.1, -0.05) is 0 Å². The Morgan fingerprint density at radius 1 is 0.510 bits per heavy atom. The van der Waals surface area contributed by atoms with Gasteiger partial charge in [-0.25, -0.2) is 0 Å². The van der Waals surface area contributed by atoms with Crippen molar-refractivity contribution >= 4 is 12.2 Å². The largest absolute Gasteiger partial charge is 1.00 e. The first-order valence-corrected chi connectivity index (χ1v) is 25.3. The summed E-state index contributed by atoms with van der Waals surface area (Å²) in [5, 5.41) is 0. The fraction of sp³-hybridized carbons (Fsp3) is 0.417. The number of halogens is 2. The number of benzene rings is 4. The van der Waals surface area contributed by atoms with E-state index in [0.717, 1.165) is 0 Å². The SMILES string of the molecule is Cc1ccc(-c2ccc(C(C)(C)C)cc2)c2c1[CH]([Zr+2]1([CH]3C(C(C)C)=Cc4c(-c5ccc(C(C)(C)C)cc5)ccc(C)c43)[CH2][CH2]1)C(C(C)C)=C2.[Cl-].[Cl-]. The van der Waals surface area contributed by atoms with E-state index in [1.807, 2.05) is 0 Å². The summed E-state index contributed by atoms with van der Waals surface area (Å²) in [4.78, 5) is 0. The molecule has 0 amide bonds. The van der Waals surface area contributed by atoms with E-state index in [9.17, 15) is 0 Å². The van der Waals surface area contributed by atoms with Crippen LogP contribution >= 0.6 is 0 Å². The van der Waals surface area contributed by atoms with Crippen LogP contribution in [0.3, 0.4) is 0 Å². The monoisotopic (exact) mass is 794 g/mol. The molecule has 0 N–H and O–H groups in total. The van der Waals surface area contributed by atoms with Crippen LogP contribution in [0.5, 0.6) is 0 Å². The van der Waals surface area contributed by atoms with Gasteiger partial charge in [-0.2, -0.15) is 0 Å². The number of rotatable bonds is 6. The molecular formula is C48H58Cl2Zr. The first kappa shape index (κ1) is 40.0. The third-order valence-electron chi connectivity index (χ3n) is 12.3. The van der Waals surface area contributed by atoms with Crippen LogP contribution in [0.4, 0.5) is 0 Å². The van der Waals surface area contributed by atoms with E-state index < -0.39 is 20.3 Å².